The molecule has 0 spiro atoms. The molecule has 0 amide bonds. The second-order valence-corrected chi connectivity index (χ2v) is 6.74. The summed E-state index contributed by atoms with van der Waals surface area (Å²) in [6.07, 6.45) is 1.03. The zero-order valence-electron chi connectivity index (χ0n) is 7.99. The van der Waals surface area contributed by atoms with E-state index in [9.17, 15) is 0 Å². The Bertz CT molecular complexity index is 422. The van der Waals surface area contributed by atoms with Crippen LogP contribution < -0.4 is 0 Å². The van der Waals surface area contributed by atoms with Crippen LogP contribution in [-0.2, 0) is 6.42 Å². The molecule has 3 heteroatoms. The van der Waals surface area contributed by atoms with Gasteiger partial charge in [-0.2, -0.15) is 0 Å². The van der Waals surface area contributed by atoms with E-state index < -0.39 is 0 Å². The Morgan fingerprint density at radius 1 is 1.20 bits per heavy atom. The lowest BCUT2D eigenvalue weighted by Gasteiger charge is -2.07. The summed E-state index contributed by atoms with van der Waals surface area (Å²) in [7, 11) is 0. The topological polar surface area (TPSA) is 0 Å². The van der Waals surface area contributed by atoms with Crippen LogP contribution in [0.1, 0.15) is 16.0 Å². The Balaban J connectivity index is 2.07. The molecule has 0 radical (unpaired) electrons. The molecular formula is C12H10Br2S. The van der Waals surface area contributed by atoms with Gasteiger partial charge in [-0.05, 0) is 44.9 Å². The van der Waals surface area contributed by atoms with Crippen molar-refractivity contribution >= 4 is 43.2 Å². The van der Waals surface area contributed by atoms with E-state index in [1.165, 1.54) is 14.9 Å². The van der Waals surface area contributed by atoms with Crippen molar-refractivity contribution < 1.29 is 0 Å². The molecule has 78 valence electrons. The van der Waals surface area contributed by atoms with Crippen molar-refractivity contribution in [2.75, 3.05) is 0 Å². The Morgan fingerprint density at radius 2 is 1.93 bits per heavy atom. The molecule has 0 aliphatic carbocycles. The molecule has 0 N–H and O–H groups in total. The van der Waals surface area contributed by atoms with Crippen molar-refractivity contribution in [1.29, 1.82) is 0 Å². The molecule has 0 saturated heterocycles. The summed E-state index contributed by atoms with van der Waals surface area (Å²) in [6.45, 7) is 0. The second kappa shape index (κ2) is 5.28. The fourth-order valence-electron chi connectivity index (χ4n) is 1.43. The van der Waals surface area contributed by atoms with Gasteiger partial charge in [-0.25, -0.2) is 0 Å². The fraction of sp³-hybridized carbons (Fsp3) is 0.167. The fourth-order valence-corrected chi connectivity index (χ4v) is 3.47. The predicted octanol–water partition coefficient (Wildman–Crippen LogP) is 5.19. The lowest BCUT2D eigenvalue weighted by molar-refractivity contribution is 0.954. The molecule has 1 aromatic heterocycles. The van der Waals surface area contributed by atoms with Crippen molar-refractivity contribution in [3.8, 4) is 0 Å². The summed E-state index contributed by atoms with van der Waals surface area (Å²) < 4.78 is 1.19. The second-order valence-electron chi connectivity index (χ2n) is 3.34. The third kappa shape index (κ3) is 3.16. The molecule has 0 aliphatic heterocycles. The Labute approximate surface area is 111 Å². The van der Waals surface area contributed by atoms with Crippen molar-refractivity contribution in [1.82, 2.24) is 0 Å². The van der Waals surface area contributed by atoms with Crippen LogP contribution in [0.15, 0.2) is 45.6 Å². The standard InChI is InChI=1S/C12H10Br2S/c13-11(10-7-12(14)15-8-10)6-9-4-2-1-3-5-9/h1-5,7-8,11H,6H2. The maximum atomic E-state index is 3.72. The van der Waals surface area contributed by atoms with Crippen LogP contribution in [0.2, 0.25) is 0 Å². The molecule has 0 aliphatic rings. The van der Waals surface area contributed by atoms with Crippen molar-refractivity contribution in [2.45, 2.75) is 11.2 Å². The molecule has 1 aromatic carbocycles. The van der Waals surface area contributed by atoms with Crippen LogP contribution >= 0.6 is 43.2 Å². The van der Waals surface area contributed by atoms with Gasteiger partial charge in [0.15, 0.2) is 0 Å². The number of benzene rings is 1. The average molecular weight is 346 g/mol. The first kappa shape index (κ1) is 11.4. The van der Waals surface area contributed by atoms with E-state index in [2.05, 4.69) is 67.6 Å². The summed E-state index contributed by atoms with van der Waals surface area (Å²) in [4.78, 5) is 0.405. The maximum Gasteiger partial charge on any atom is 0.0701 e. The predicted molar refractivity (Wildman–Crippen MR) is 73.8 cm³/mol. The van der Waals surface area contributed by atoms with Crippen LogP contribution in [0.5, 0.6) is 0 Å². The minimum atomic E-state index is 0.405. The van der Waals surface area contributed by atoms with Gasteiger partial charge < -0.3 is 0 Å². The van der Waals surface area contributed by atoms with Gasteiger partial charge in [0, 0.05) is 4.83 Å². The highest BCUT2D eigenvalue weighted by Crippen LogP contribution is 2.32. The first-order chi connectivity index (χ1) is 7.25. The smallest absolute Gasteiger partial charge is 0.0701 e. The lowest BCUT2D eigenvalue weighted by Crippen LogP contribution is -1.92. The van der Waals surface area contributed by atoms with E-state index in [0.717, 1.165) is 6.42 Å². The number of rotatable bonds is 3. The van der Waals surface area contributed by atoms with Gasteiger partial charge in [0.2, 0.25) is 0 Å². The summed E-state index contributed by atoms with van der Waals surface area (Å²) in [6, 6.07) is 12.7. The highest BCUT2D eigenvalue weighted by Gasteiger charge is 2.09. The summed E-state index contributed by atoms with van der Waals surface area (Å²) >= 11 is 8.94. The summed E-state index contributed by atoms with van der Waals surface area (Å²) in [5.41, 5.74) is 2.71. The molecule has 0 bridgehead atoms. The Kier molecular flexibility index (Phi) is 4.00. The molecule has 0 fully saturated rings. The molecule has 0 nitrogen and oxygen atoms in total. The lowest BCUT2D eigenvalue weighted by atomic mass is 10.1. The van der Waals surface area contributed by atoms with Crippen LogP contribution in [0, 0.1) is 0 Å². The highest BCUT2D eigenvalue weighted by molar-refractivity contribution is 9.11. The van der Waals surface area contributed by atoms with Gasteiger partial charge in [0.1, 0.15) is 0 Å². The van der Waals surface area contributed by atoms with E-state index in [0.29, 0.717) is 4.83 Å². The van der Waals surface area contributed by atoms with Gasteiger partial charge in [0.25, 0.3) is 0 Å². The summed E-state index contributed by atoms with van der Waals surface area (Å²) in [5, 5.41) is 2.19. The van der Waals surface area contributed by atoms with E-state index in [-0.39, 0.29) is 0 Å². The average Bonchev–Trinajstić information content (AvgIpc) is 2.66. The van der Waals surface area contributed by atoms with Gasteiger partial charge in [-0.3, -0.25) is 0 Å². The van der Waals surface area contributed by atoms with Gasteiger partial charge in [-0.1, -0.05) is 46.3 Å². The van der Waals surface area contributed by atoms with Crippen LogP contribution in [0.4, 0.5) is 0 Å². The number of hydrogen-bond donors (Lipinski definition) is 0. The largest absolute Gasteiger partial charge is 0.137 e. The van der Waals surface area contributed by atoms with Crippen LogP contribution in [0.25, 0.3) is 0 Å². The SMILES string of the molecule is Brc1cc(C(Br)Cc2ccccc2)cs1. The molecule has 2 rings (SSSR count). The number of halogens is 2. The van der Waals surface area contributed by atoms with Crippen LogP contribution in [0.3, 0.4) is 0 Å². The van der Waals surface area contributed by atoms with Gasteiger partial charge in [0.05, 0.1) is 3.79 Å². The molecule has 1 heterocycles. The Hall–Kier alpha value is -0.120. The van der Waals surface area contributed by atoms with Gasteiger partial charge in [-0.15, -0.1) is 11.3 Å². The number of hydrogen-bond acceptors (Lipinski definition) is 1. The minimum absolute atomic E-state index is 0.405. The number of alkyl halides is 1. The quantitative estimate of drug-likeness (QED) is 0.671. The van der Waals surface area contributed by atoms with Crippen molar-refractivity contribution in [3.63, 3.8) is 0 Å². The monoisotopic (exact) mass is 344 g/mol. The normalized spacial score (nSPS) is 12.7. The number of thiophene rings is 1. The first-order valence-corrected chi connectivity index (χ1v) is 7.26. The third-order valence-electron chi connectivity index (χ3n) is 2.21. The van der Waals surface area contributed by atoms with Gasteiger partial charge >= 0.3 is 0 Å². The Morgan fingerprint density at radius 3 is 2.53 bits per heavy atom. The van der Waals surface area contributed by atoms with E-state index in [1.807, 2.05) is 6.07 Å². The molecule has 0 saturated carbocycles. The molecule has 15 heavy (non-hydrogen) atoms. The minimum Gasteiger partial charge on any atom is -0.137 e. The summed E-state index contributed by atoms with van der Waals surface area (Å²) in [5.74, 6) is 0. The maximum absolute atomic E-state index is 3.72. The van der Waals surface area contributed by atoms with E-state index >= 15 is 0 Å². The zero-order chi connectivity index (χ0) is 10.7. The first-order valence-electron chi connectivity index (χ1n) is 4.67. The van der Waals surface area contributed by atoms with Crippen molar-refractivity contribution in [2.24, 2.45) is 0 Å². The van der Waals surface area contributed by atoms with Crippen LogP contribution in [-0.4, -0.2) is 0 Å². The van der Waals surface area contributed by atoms with E-state index in [1.54, 1.807) is 11.3 Å². The molecule has 1 unspecified atom stereocenters. The third-order valence-corrected chi connectivity index (χ3v) is 4.58. The molecule has 1 atom stereocenters. The van der Waals surface area contributed by atoms with E-state index in [4.69, 9.17) is 0 Å². The zero-order valence-corrected chi connectivity index (χ0v) is 12.0. The molecule has 2 aromatic rings. The highest BCUT2D eigenvalue weighted by atomic mass is 79.9. The van der Waals surface area contributed by atoms with Crippen molar-refractivity contribution in [3.05, 3.63) is 56.7 Å². The molecular weight excluding hydrogens is 336 g/mol.